The van der Waals surface area contributed by atoms with Gasteiger partial charge in [-0.25, -0.2) is 13.1 Å². The van der Waals surface area contributed by atoms with Crippen molar-refractivity contribution < 1.29 is 26.3 Å². The first-order valence-electron chi connectivity index (χ1n) is 7.55. The Morgan fingerprint density at radius 1 is 1.08 bits per heavy atom. The van der Waals surface area contributed by atoms with Gasteiger partial charge in [-0.05, 0) is 35.7 Å². The third kappa shape index (κ3) is 6.28. The molecule has 0 fully saturated rings. The minimum Gasteiger partial charge on any atom is -0.367 e. The van der Waals surface area contributed by atoms with Crippen molar-refractivity contribution in [3.63, 3.8) is 0 Å². The number of sulfonamides is 1. The second-order valence-electron chi connectivity index (χ2n) is 5.68. The van der Waals surface area contributed by atoms with Crippen molar-refractivity contribution in [3.05, 3.63) is 64.2 Å². The molecule has 0 aliphatic rings. The number of benzene rings is 2. The molecule has 0 spiro atoms. The standard InChI is InChI=1S/C17H17ClF3NO3S/c1-12-2-7-16(15(18)8-12)26(23,24)22-9-13-3-5-14(6-4-13)10-25-11-17(19,20)21/h2-8,22H,9-11H2,1H3. The molecule has 26 heavy (non-hydrogen) atoms. The third-order valence-corrected chi connectivity index (χ3v) is 5.28. The number of aryl methyl sites for hydroxylation is 1. The highest BCUT2D eigenvalue weighted by Crippen LogP contribution is 2.22. The van der Waals surface area contributed by atoms with Gasteiger partial charge in [-0.1, -0.05) is 41.9 Å². The van der Waals surface area contributed by atoms with Crippen LogP contribution in [0.2, 0.25) is 5.02 Å². The smallest absolute Gasteiger partial charge is 0.367 e. The van der Waals surface area contributed by atoms with Crippen LogP contribution in [0, 0.1) is 6.92 Å². The average molecular weight is 408 g/mol. The fourth-order valence-corrected chi connectivity index (χ4v) is 3.73. The lowest BCUT2D eigenvalue weighted by molar-refractivity contribution is -0.176. The first kappa shape index (κ1) is 20.7. The molecule has 0 saturated heterocycles. The first-order chi connectivity index (χ1) is 12.1. The Labute approximate surface area is 155 Å². The van der Waals surface area contributed by atoms with Crippen molar-refractivity contribution in [3.8, 4) is 0 Å². The van der Waals surface area contributed by atoms with E-state index in [1.54, 1.807) is 43.3 Å². The Kier molecular flexibility index (Phi) is 6.68. The summed E-state index contributed by atoms with van der Waals surface area (Å²) in [6.07, 6.45) is -4.37. The average Bonchev–Trinajstić information content (AvgIpc) is 2.52. The van der Waals surface area contributed by atoms with Gasteiger partial charge in [-0.2, -0.15) is 13.2 Å². The van der Waals surface area contributed by atoms with Crippen LogP contribution in [0.15, 0.2) is 47.4 Å². The number of alkyl halides is 3. The van der Waals surface area contributed by atoms with Gasteiger partial charge in [-0.3, -0.25) is 0 Å². The van der Waals surface area contributed by atoms with Gasteiger partial charge in [0.1, 0.15) is 11.5 Å². The lowest BCUT2D eigenvalue weighted by Crippen LogP contribution is -2.23. The fraction of sp³-hybridized carbons (Fsp3) is 0.294. The summed E-state index contributed by atoms with van der Waals surface area (Å²) in [5.74, 6) is 0. The number of nitrogens with one attached hydrogen (secondary N) is 1. The Morgan fingerprint density at radius 2 is 1.69 bits per heavy atom. The van der Waals surface area contributed by atoms with Crippen molar-refractivity contribution in [2.24, 2.45) is 0 Å². The third-order valence-electron chi connectivity index (χ3n) is 3.40. The number of hydrogen-bond acceptors (Lipinski definition) is 3. The van der Waals surface area contributed by atoms with Gasteiger partial charge in [0, 0.05) is 6.54 Å². The maximum absolute atomic E-state index is 12.3. The molecule has 0 atom stereocenters. The number of rotatable bonds is 7. The highest BCUT2D eigenvalue weighted by molar-refractivity contribution is 7.89. The maximum Gasteiger partial charge on any atom is 0.411 e. The predicted molar refractivity (Wildman–Crippen MR) is 92.4 cm³/mol. The van der Waals surface area contributed by atoms with E-state index < -0.39 is 22.8 Å². The quantitative estimate of drug-likeness (QED) is 0.748. The summed E-state index contributed by atoms with van der Waals surface area (Å²) in [6.45, 7) is 0.336. The highest BCUT2D eigenvalue weighted by atomic mass is 35.5. The van der Waals surface area contributed by atoms with Gasteiger partial charge in [0.25, 0.3) is 0 Å². The van der Waals surface area contributed by atoms with E-state index in [0.29, 0.717) is 11.1 Å². The molecule has 0 unspecified atom stereocenters. The van der Waals surface area contributed by atoms with Crippen LogP contribution in [-0.2, 0) is 27.9 Å². The molecule has 4 nitrogen and oxygen atoms in total. The summed E-state index contributed by atoms with van der Waals surface area (Å²) in [5.41, 5.74) is 2.05. The van der Waals surface area contributed by atoms with Crippen molar-refractivity contribution in [1.29, 1.82) is 0 Å². The van der Waals surface area contributed by atoms with Crippen molar-refractivity contribution in [2.75, 3.05) is 6.61 Å². The van der Waals surface area contributed by atoms with E-state index in [0.717, 1.165) is 5.56 Å². The minimum absolute atomic E-state index is 0.0121. The lowest BCUT2D eigenvalue weighted by Gasteiger charge is -2.10. The molecular formula is C17H17ClF3NO3S. The molecule has 0 heterocycles. The van der Waals surface area contributed by atoms with Crippen LogP contribution in [0.4, 0.5) is 13.2 Å². The van der Waals surface area contributed by atoms with Gasteiger partial charge in [0.15, 0.2) is 0 Å². The highest BCUT2D eigenvalue weighted by Gasteiger charge is 2.27. The summed E-state index contributed by atoms with van der Waals surface area (Å²) in [4.78, 5) is -0.0121. The lowest BCUT2D eigenvalue weighted by atomic mass is 10.1. The first-order valence-corrected chi connectivity index (χ1v) is 9.41. The zero-order chi connectivity index (χ0) is 19.4. The van der Waals surface area contributed by atoms with E-state index in [9.17, 15) is 21.6 Å². The van der Waals surface area contributed by atoms with Crippen LogP contribution in [0.1, 0.15) is 16.7 Å². The molecule has 0 aliphatic carbocycles. The molecule has 0 amide bonds. The van der Waals surface area contributed by atoms with E-state index in [1.165, 1.54) is 6.07 Å². The van der Waals surface area contributed by atoms with Gasteiger partial charge in [0.2, 0.25) is 10.0 Å². The molecule has 142 valence electrons. The molecular weight excluding hydrogens is 391 g/mol. The van der Waals surface area contributed by atoms with Crippen LogP contribution < -0.4 is 4.72 Å². The minimum atomic E-state index is -4.37. The van der Waals surface area contributed by atoms with Crippen molar-refractivity contribution >= 4 is 21.6 Å². The number of ether oxygens (including phenoxy) is 1. The molecule has 0 aliphatic heterocycles. The summed E-state index contributed by atoms with van der Waals surface area (Å²) in [7, 11) is -3.78. The number of hydrogen-bond donors (Lipinski definition) is 1. The summed E-state index contributed by atoms with van der Waals surface area (Å²) in [6, 6.07) is 11.0. The normalized spacial score (nSPS) is 12.3. The molecule has 2 aromatic rings. The second-order valence-corrected chi connectivity index (χ2v) is 7.83. The molecule has 2 rings (SSSR count). The Hall–Kier alpha value is -1.61. The zero-order valence-corrected chi connectivity index (χ0v) is 15.4. The van der Waals surface area contributed by atoms with Crippen molar-refractivity contribution in [1.82, 2.24) is 4.72 Å². The molecule has 2 aromatic carbocycles. The van der Waals surface area contributed by atoms with Crippen LogP contribution in [0.25, 0.3) is 0 Å². The van der Waals surface area contributed by atoms with E-state index in [2.05, 4.69) is 9.46 Å². The monoisotopic (exact) mass is 407 g/mol. The maximum atomic E-state index is 12.3. The van der Waals surface area contributed by atoms with E-state index in [-0.39, 0.29) is 23.1 Å². The largest absolute Gasteiger partial charge is 0.411 e. The topological polar surface area (TPSA) is 55.4 Å². The Morgan fingerprint density at radius 3 is 2.27 bits per heavy atom. The van der Waals surface area contributed by atoms with Gasteiger partial charge in [-0.15, -0.1) is 0 Å². The van der Waals surface area contributed by atoms with Crippen LogP contribution >= 0.6 is 11.6 Å². The Bertz CT molecular complexity index is 853. The van der Waals surface area contributed by atoms with Crippen LogP contribution in [-0.4, -0.2) is 21.2 Å². The second kappa shape index (κ2) is 8.39. The predicted octanol–water partition coefficient (Wildman–Crippen LogP) is 4.21. The van der Waals surface area contributed by atoms with Gasteiger partial charge >= 0.3 is 6.18 Å². The van der Waals surface area contributed by atoms with Crippen molar-refractivity contribution in [2.45, 2.75) is 31.1 Å². The molecule has 0 radical (unpaired) electrons. The summed E-state index contributed by atoms with van der Waals surface area (Å²) < 4.78 is 67.7. The zero-order valence-electron chi connectivity index (χ0n) is 13.8. The fourth-order valence-electron chi connectivity index (χ4n) is 2.12. The van der Waals surface area contributed by atoms with E-state index >= 15 is 0 Å². The molecule has 1 N–H and O–H groups in total. The van der Waals surface area contributed by atoms with E-state index in [1.807, 2.05) is 0 Å². The number of halogens is 4. The SMILES string of the molecule is Cc1ccc(S(=O)(=O)NCc2ccc(COCC(F)(F)F)cc2)c(Cl)c1. The van der Waals surface area contributed by atoms with Gasteiger partial charge < -0.3 is 4.74 Å². The molecule has 9 heteroatoms. The summed E-state index contributed by atoms with van der Waals surface area (Å²) >= 11 is 5.98. The van der Waals surface area contributed by atoms with Gasteiger partial charge in [0.05, 0.1) is 11.6 Å². The Balaban J connectivity index is 1.94. The molecule has 0 bridgehead atoms. The van der Waals surface area contributed by atoms with E-state index in [4.69, 9.17) is 11.6 Å². The molecule has 0 aromatic heterocycles. The molecule has 0 saturated carbocycles. The van der Waals surface area contributed by atoms with Crippen LogP contribution in [0.5, 0.6) is 0 Å². The summed E-state index contributed by atoms with van der Waals surface area (Å²) in [5, 5.41) is 0.134. The van der Waals surface area contributed by atoms with Crippen LogP contribution in [0.3, 0.4) is 0 Å².